The zero-order chi connectivity index (χ0) is 15.0. The SMILES string of the molecule is C=CCN(Cc1ccc(F)cc1)C(=O)[C@@H](N)CCCC. The number of amides is 1. The molecule has 0 spiro atoms. The lowest BCUT2D eigenvalue weighted by Gasteiger charge is -2.24. The molecular weight excluding hydrogens is 255 g/mol. The zero-order valence-electron chi connectivity index (χ0n) is 12.0. The zero-order valence-corrected chi connectivity index (χ0v) is 12.0. The topological polar surface area (TPSA) is 46.3 Å². The van der Waals surface area contributed by atoms with E-state index in [2.05, 4.69) is 13.5 Å². The van der Waals surface area contributed by atoms with E-state index in [0.717, 1.165) is 18.4 Å². The van der Waals surface area contributed by atoms with Crippen molar-refractivity contribution in [2.45, 2.75) is 38.8 Å². The fraction of sp³-hybridized carbons (Fsp3) is 0.438. The van der Waals surface area contributed by atoms with E-state index in [-0.39, 0.29) is 11.7 Å². The Bertz CT molecular complexity index is 431. The van der Waals surface area contributed by atoms with Gasteiger partial charge < -0.3 is 10.6 Å². The molecule has 1 rings (SSSR count). The Kier molecular flexibility index (Phi) is 6.94. The molecule has 0 bridgehead atoms. The highest BCUT2D eigenvalue weighted by molar-refractivity contribution is 5.81. The van der Waals surface area contributed by atoms with Crippen molar-refractivity contribution in [3.63, 3.8) is 0 Å². The number of nitrogens with zero attached hydrogens (tertiary/aromatic N) is 1. The van der Waals surface area contributed by atoms with Gasteiger partial charge in [-0.3, -0.25) is 4.79 Å². The molecule has 4 heteroatoms. The summed E-state index contributed by atoms with van der Waals surface area (Å²) in [5, 5.41) is 0. The predicted molar refractivity (Wildman–Crippen MR) is 79.5 cm³/mol. The van der Waals surface area contributed by atoms with E-state index in [1.54, 1.807) is 23.1 Å². The van der Waals surface area contributed by atoms with Crippen molar-refractivity contribution in [1.29, 1.82) is 0 Å². The van der Waals surface area contributed by atoms with E-state index in [1.165, 1.54) is 12.1 Å². The summed E-state index contributed by atoms with van der Waals surface area (Å²) in [6.07, 6.45) is 4.31. The van der Waals surface area contributed by atoms with Crippen LogP contribution in [0.1, 0.15) is 31.7 Å². The largest absolute Gasteiger partial charge is 0.333 e. The van der Waals surface area contributed by atoms with Crippen LogP contribution < -0.4 is 5.73 Å². The molecule has 0 fully saturated rings. The first-order valence-corrected chi connectivity index (χ1v) is 6.98. The smallest absolute Gasteiger partial charge is 0.240 e. The Morgan fingerprint density at radius 3 is 2.65 bits per heavy atom. The summed E-state index contributed by atoms with van der Waals surface area (Å²) in [7, 11) is 0. The van der Waals surface area contributed by atoms with Crippen LogP contribution in [-0.2, 0) is 11.3 Å². The van der Waals surface area contributed by atoms with Crippen molar-refractivity contribution >= 4 is 5.91 Å². The lowest BCUT2D eigenvalue weighted by Crippen LogP contribution is -2.43. The Labute approximate surface area is 120 Å². The van der Waals surface area contributed by atoms with Crippen molar-refractivity contribution in [3.05, 3.63) is 48.3 Å². The molecule has 1 aromatic rings. The number of carbonyl (C=O) groups is 1. The highest BCUT2D eigenvalue weighted by Gasteiger charge is 2.19. The number of nitrogens with two attached hydrogens (primary N) is 1. The number of rotatable bonds is 8. The van der Waals surface area contributed by atoms with Crippen LogP contribution in [0.25, 0.3) is 0 Å². The maximum atomic E-state index is 12.9. The monoisotopic (exact) mass is 278 g/mol. The van der Waals surface area contributed by atoms with Crippen molar-refractivity contribution in [2.75, 3.05) is 6.54 Å². The van der Waals surface area contributed by atoms with E-state index in [4.69, 9.17) is 5.73 Å². The van der Waals surface area contributed by atoms with Crippen LogP contribution in [0.5, 0.6) is 0 Å². The van der Waals surface area contributed by atoms with Gasteiger partial charge in [0.05, 0.1) is 6.04 Å². The summed E-state index contributed by atoms with van der Waals surface area (Å²) in [4.78, 5) is 13.9. The van der Waals surface area contributed by atoms with Crippen LogP contribution in [0.4, 0.5) is 4.39 Å². The Balaban J connectivity index is 2.69. The average molecular weight is 278 g/mol. The van der Waals surface area contributed by atoms with Crippen molar-refractivity contribution < 1.29 is 9.18 Å². The molecule has 0 aliphatic heterocycles. The van der Waals surface area contributed by atoms with Gasteiger partial charge in [0.25, 0.3) is 0 Å². The van der Waals surface area contributed by atoms with Crippen molar-refractivity contribution in [2.24, 2.45) is 5.73 Å². The first kappa shape index (κ1) is 16.4. The molecule has 1 aromatic carbocycles. The summed E-state index contributed by atoms with van der Waals surface area (Å²) in [5.41, 5.74) is 6.81. The molecule has 110 valence electrons. The van der Waals surface area contributed by atoms with Gasteiger partial charge in [0.15, 0.2) is 0 Å². The summed E-state index contributed by atoms with van der Waals surface area (Å²) < 4.78 is 12.9. The normalized spacial score (nSPS) is 11.9. The minimum absolute atomic E-state index is 0.0809. The summed E-state index contributed by atoms with van der Waals surface area (Å²) in [6.45, 7) is 6.59. The van der Waals surface area contributed by atoms with Gasteiger partial charge in [0, 0.05) is 13.1 Å². The number of hydrogen-bond acceptors (Lipinski definition) is 2. The molecule has 3 nitrogen and oxygen atoms in total. The van der Waals surface area contributed by atoms with Crippen molar-refractivity contribution in [3.8, 4) is 0 Å². The van der Waals surface area contributed by atoms with Gasteiger partial charge in [-0.15, -0.1) is 6.58 Å². The molecule has 1 amide bonds. The number of carbonyl (C=O) groups excluding carboxylic acids is 1. The lowest BCUT2D eigenvalue weighted by molar-refractivity contribution is -0.132. The van der Waals surface area contributed by atoms with Gasteiger partial charge >= 0.3 is 0 Å². The minimum Gasteiger partial charge on any atom is -0.333 e. The van der Waals surface area contributed by atoms with E-state index in [1.807, 2.05) is 0 Å². The number of halogens is 1. The van der Waals surface area contributed by atoms with Crippen LogP contribution in [-0.4, -0.2) is 23.4 Å². The van der Waals surface area contributed by atoms with Crippen molar-refractivity contribution in [1.82, 2.24) is 4.90 Å². The van der Waals surface area contributed by atoms with Crippen LogP contribution in [0.15, 0.2) is 36.9 Å². The molecule has 0 saturated heterocycles. The molecule has 20 heavy (non-hydrogen) atoms. The Morgan fingerprint density at radius 1 is 1.45 bits per heavy atom. The fourth-order valence-corrected chi connectivity index (χ4v) is 1.98. The lowest BCUT2D eigenvalue weighted by atomic mass is 10.1. The molecule has 0 unspecified atom stereocenters. The highest BCUT2D eigenvalue weighted by atomic mass is 19.1. The molecule has 0 aromatic heterocycles. The van der Waals surface area contributed by atoms with Gasteiger partial charge in [-0.1, -0.05) is 38.0 Å². The third-order valence-electron chi connectivity index (χ3n) is 3.13. The highest BCUT2D eigenvalue weighted by Crippen LogP contribution is 2.10. The molecular formula is C16H23FN2O. The molecule has 0 aliphatic rings. The summed E-state index contributed by atoms with van der Waals surface area (Å²) >= 11 is 0. The van der Waals surface area contributed by atoms with Gasteiger partial charge in [-0.05, 0) is 24.1 Å². The second kappa shape index (κ2) is 8.48. The van der Waals surface area contributed by atoms with Gasteiger partial charge in [0.2, 0.25) is 5.91 Å². The fourth-order valence-electron chi connectivity index (χ4n) is 1.98. The van der Waals surface area contributed by atoms with Gasteiger partial charge in [-0.2, -0.15) is 0 Å². The third kappa shape index (κ3) is 5.13. The van der Waals surface area contributed by atoms with Gasteiger partial charge in [0.1, 0.15) is 5.82 Å². The van der Waals surface area contributed by atoms with Gasteiger partial charge in [-0.25, -0.2) is 4.39 Å². The first-order chi connectivity index (χ1) is 9.58. The Hall–Kier alpha value is -1.68. The standard InChI is InChI=1S/C16H23FN2O/c1-3-5-6-15(18)16(20)19(11-4-2)12-13-7-9-14(17)10-8-13/h4,7-10,15H,2-3,5-6,11-12,18H2,1H3/t15-/m0/s1. The molecule has 0 radical (unpaired) electrons. The number of unbranched alkanes of at least 4 members (excludes halogenated alkanes) is 1. The minimum atomic E-state index is -0.477. The maximum Gasteiger partial charge on any atom is 0.240 e. The average Bonchev–Trinajstić information content (AvgIpc) is 2.45. The van der Waals surface area contributed by atoms with Crippen LogP contribution in [0.3, 0.4) is 0 Å². The van der Waals surface area contributed by atoms with E-state index < -0.39 is 6.04 Å². The van der Waals surface area contributed by atoms with Crippen LogP contribution in [0.2, 0.25) is 0 Å². The second-order valence-corrected chi connectivity index (χ2v) is 4.88. The Morgan fingerprint density at radius 2 is 2.10 bits per heavy atom. The first-order valence-electron chi connectivity index (χ1n) is 6.98. The molecule has 0 aliphatic carbocycles. The third-order valence-corrected chi connectivity index (χ3v) is 3.13. The van der Waals surface area contributed by atoms with E-state index in [9.17, 15) is 9.18 Å². The molecule has 0 saturated carbocycles. The second-order valence-electron chi connectivity index (χ2n) is 4.88. The number of hydrogen-bond donors (Lipinski definition) is 1. The quantitative estimate of drug-likeness (QED) is 0.743. The molecule has 1 atom stereocenters. The maximum absolute atomic E-state index is 12.9. The number of benzene rings is 1. The van der Waals surface area contributed by atoms with E-state index in [0.29, 0.717) is 19.5 Å². The molecule has 0 heterocycles. The van der Waals surface area contributed by atoms with E-state index >= 15 is 0 Å². The van der Waals surface area contributed by atoms with Crippen LogP contribution in [0, 0.1) is 5.82 Å². The van der Waals surface area contributed by atoms with Crippen LogP contribution >= 0.6 is 0 Å². The summed E-state index contributed by atoms with van der Waals surface area (Å²) in [6, 6.07) is 5.66. The summed E-state index contributed by atoms with van der Waals surface area (Å²) in [5.74, 6) is -0.363. The predicted octanol–water partition coefficient (Wildman–Crippen LogP) is 2.86. The molecule has 2 N–H and O–H groups in total.